The number of carbonyl (C=O) groups is 2. The van der Waals surface area contributed by atoms with Crippen molar-refractivity contribution in [3.05, 3.63) is 83.7 Å². The van der Waals surface area contributed by atoms with Gasteiger partial charge in [0.05, 0.1) is 16.8 Å². The first kappa shape index (κ1) is 23.5. The van der Waals surface area contributed by atoms with Gasteiger partial charge < -0.3 is 14.8 Å². The number of thioether (sulfide) groups is 1. The summed E-state index contributed by atoms with van der Waals surface area (Å²) in [6.07, 6.45) is 0. The minimum absolute atomic E-state index is 0.0681. The number of nitrogens with zero attached hydrogens (tertiary/aromatic N) is 3. The molecule has 0 fully saturated rings. The predicted octanol–water partition coefficient (Wildman–Crippen LogP) is 5.19. The van der Waals surface area contributed by atoms with Crippen LogP contribution in [0.15, 0.2) is 71.9 Å². The Morgan fingerprint density at radius 3 is 2.38 bits per heavy atom. The number of hydrogen-bond acceptors (Lipinski definition) is 4. The van der Waals surface area contributed by atoms with Crippen LogP contribution in [0.25, 0.3) is 11.0 Å². The van der Waals surface area contributed by atoms with Gasteiger partial charge in [0.15, 0.2) is 5.16 Å². The maximum absolute atomic E-state index is 13.2. The number of imidazole rings is 1. The van der Waals surface area contributed by atoms with E-state index in [-0.39, 0.29) is 29.9 Å². The third kappa shape index (κ3) is 5.12. The van der Waals surface area contributed by atoms with E-state index in [1.165, 1.54) is 28.8 Å². The van der Waals surface area contributed by atoms with Gasteiger partial charge in [0.2, 0.25) is 11.8 Å². The highest BCUT2D eigenvalue weighted by molar-refractivity contribution is 7.99. The van der Waals surface area contributed by atoms with Crippen LogP contribution in [0.4, 0.5) is 15.8 Å². The van der Waals surface area contributed by atoms with Gasteiger partial charge in [0, 0.05) is 18.4 Å². The molecular formula is C26H25FN4O2S. The van der Waals surface area contributed by atoms with Gasteiger partial charge in [0.1, 0.15) is 12.4 Å². The van der Waals surface area contributed by atoms with Crippen LogP contribution in [-0.2, 0) is 16.1 Å². The van der Waals surface area contributed by atoms with Crippen LogP contribution in [0.5, 0.6) is 0 Å². The molecule has 0 atom stereocenters. The molecule has 0 saturated carbocycles. The van der Waals surface area contributed by atoms with Crippen molar-refractivity contribution in [2.45, 2.75) is 25.5 Å². The van der Waals surface area contributed by atoms with Gasteiger partial charge in [-0.05, 0) is 61.4 Å². The second kappa shape index (κ2) is 10.1. The normalized spacial score (nSPS) is 10.9. The van der Waals surface area contributed by atoms with Crippen molar-refractivity contribution < 1.29 is 14.0 Å². The highest BCUT2D eigenvalue weighted by Gasteiger charge is 2.18. The number of aromatic nitrogens is 2. The summed E-state index contributed by atoms with van der Waals surface area (Å²) in [5.41, 5.74) is 4.97. The summed E-state index contributed by atoms with van der Waals surface area (Å²) in [5, 5.41) is 3.60. The number of amides is 2. The van der Waals surface area contributed by atoms with E-state index in [9.17, 15) is 14.0 Å². The number of fused-ring (bicyclic) bond motifs is 1. The van der Waals surface area contributed by atoms with Crippen LogP contribution < -0.4 is 10.2 Å². The molecule has 0 unspecified atom stereocenters. The average molecular weight is 477 g/mol. The third-order valence-corrected chi connectivity index (χ3v) is 6.54. The number of nitrogens with one attached hydrogen (secondary N) is 1. The third-order valence-electron chi connectivity index (χ3n) is 5.58. The predicted molar refractivity (Wildman–Crippen MR) is 135 cm³/mol. The summed E-state index contributed by atoms with van der Waals surface area (Å²) in [6, 6.07) is 19.2. The van der Waals surface area contributed by atoms with Crippen LogP contribution >= 0.6 is 11.8 Å². The molecule has 0 aliphatic heterocycles. The van der Waals surface area contributed by atoms with E-state index in [2.05, 4.69) is 10.3 Å². The van der Waals surface area contributed by atoms with E-state index in [1.54, 1.807) is 19.2 Å². The van der Waals surface area contributed by atoms with Crippen LogP contribution in [0.3, 0.4) is 0 Å². The summed E-state index contributed by atoms with van der Waals surface area (Å²) in [5.74, 6) is -0.561. The zero-order valence-corrected chi connectivity index (χ0v) is 20.0. The van der Waals surface area contributed by atoms with Gasteiger partial charge in [-0.2, -0.15) is 0 Å². The summed E-state index contributed by atoms with van der Waals surface area (Å²) in [6.45, 7) is 3.98. The van der Waals surface area contributed by atoms with Crippen LogP contribution in [0, 0.1) is 19.7 Å². The molecule has 4 aromatic rings. The smallest absolute Gasteiger partial charge is 0.244 e. The van der Waals surface area contributed by atoms with Gasteiger partial charge in [0.25, 0.3) is 0 Å². The molecule has 2 amide bonds. The maximum Gasteiger partial charge on any atom is 0.244 e. The highest BCUT2D eigenvalue weighted by atomic mass is 32.2. The Kier molecular flexibility index (Phi) is 6.98. The Morgan fingerprint density at radius 1 is 1.00 bits per heavy atom. The van der Waals surface area contributed by atoms with E-state index in [0.717, 1.165) is 27.8 Å². The molecule has 1 heterocycles. The Hall–Kier alpha value is -3.65. The van der Waals surface area contributed by atoms with Crippen LogP contribution in [-0.4, -0.2) is 34.2 Å². The van der Waals surface area contributed by atoms with Crippen molar-refractivity contribution in [3.63, 3.8) is 0 Å². The topological polar surface area (TPSA) is 67.2 Å². The summed E-state index contributed by atoms with van der Waals surface area (Å²) in [7, 11) is 1.65. The Morgan fingerprint density at radius 2 is 1.68 bits per heavy atom. The first-order valence-electron chi connectivity index (χ1n) is 10.8. The molecule has 34 heavy (non-hydrogen) atoms. The quantitative estimate of drug-likeness (QED) is 0.373. The molecule has 4 rings (SSSR count). The number of para-hydroxylation sites is 3. The molecule has 8 heteroatoms. The lowest BCUT2D eigenvalue weighted by Crippen LogP contribution is -2.28. The van der Waals surface area contributed by atoms with Crippen molar-refractivity contribution in [2.24, 2.45) is 0 Å². The first-order chi connectivity index (χ1) is 16.3. The number of hydrogen-bond donors (Lipinski definition) is 1. The van der Waals surface area contributed by atoms with E-state index >= 15 is 0 Å². The molecule has 0 radical (unpaired) electrons. The number of aryl methyl sites for hydroxylation is 2. The minimum atomic E-state index is -0.355. The second-order valence-corrected chi connectivity index (χ2v) is 8.94. The largest absolute Gasteiger partial charge is 0.324 e. The molecule has 0 bridgehead atoms. The highest BCUT2D eigenvalue weighted by Crippen LogP contribution is 2.26. The molecule has 0 saturated heterocycles. The lowest BCUT2D eigenvalue weighted by Gasteiger charge is -2.17. The van der Waals surface area contributed by atoms with Gasteiger partial charge >= 0.3 is 0 Å². The lowest BCUT2D eigenvalue weighted by atomic mass is 10.1. The molecule has 174 valence electrons. The van der Waals surface area contributed by atoms with Gasteiger partial charge in [-0.1, -0.05) is 42.1 Å². The minimum Gasteiger partial charge on any atom is -0.324 e. The van der Waals surface area contributed by atoms with Crippen molar-refractivity contribution >= 4 is 46.0 Å². The van der Waals surface area contributed by atoms with E-state index in [0.29, 0.717) is 10.8 Å². The number of rotatable bonds is 7. The second-order valence-electron chi connectivity index (χ2n) is 8.00. The monoisotopic (exact) mass is 476 g/mol. The zero-order chi connectivity index (χ0) is 24.2. The summed E-state index contributed by atoms with van der Waals surface area (Å²) >= 11 is 1.27. The summed E-state index contributed by atoms with van der Waals surface area (Å²) in [4.78, 5) is 31.9. The van der Waals surface area contributed by atoms with Gasteiger partial charge in [-0.25, -0.2) is 9.37 Å². The Bertz CT molecular complexity index is 1330. The SMILES string of the molecule is Cc1cccc(C)c1NC(=O)Cn1c(SCC(=O)N(C)c2ccc(F)cc2)nc2ccccc21. The van der Waals surface area contributed by atoms with Crippen molar-refractivity contribution in [3.8, 4) is 0 Å². The zero-order valence-electron chi connectivity index (χ0n) is 19.2. The maximum atomic E-state index is 13.2. The number of anilines is 2. The molecular weight excluding hydrogens is 451 g/mol. The van der Waals surface area contributed by atoms with Crippen molar-refractivity contribution in [1.29, 1.82) is 0 Å². The molecule has 1 aromatic heterocycles. The molecule has 1 N–H and O–H groups in total. The lowest BCUT2D eigenvalue weighted by molar-refractivity contribution is -0.117. The molecule has 0 aliphatic rings. The molecule has 3 aromatic carbocycles. The van der Waals surface area contributed by atoms with Crippen LogP contribution in [0.1, 0.15) is 11.1 Å². The Labute approximate surface area is 201 Å². The summed E-state index contributed by atoms with van der Waals surface area (Å²) < 4.78 is 15.0. The molecule has 0 spiro atoms. The van der Waals surface area contributed by atoms with Crippen molar-refractivity contribution in [1.82, 2.24) is 9.55 Å². The number of halogens is 1. The Balaban J connectivity index is 1.52. The van der Waals surface area contributed by atoms with Gasteiger partial charge in [-0.3, -0.25) is 9.59 Å². The van der Waals surface area contributed by atoms with Crippen molar-refractivity contribution in [2.75, 3.05) is 23.0 Å². The fourth-order valence-electron chi connectivity index (χ4n) is 3.68. The number of carbonyl (C=O) groups excluding carboxylic acids is 2. The van der Waals surface area contributed by atoms with E-state index < -0.39 is 0 Å². The average Bonchev–Trinajstić information content (AvgIpc) is 3.17. The van der Waals surface area contributed by atoms with E-state index in [4.69, 9.17) is 0 Å². The molecule has 0 aliphatic carbocycles. The number of benzene rings is 3. The standard InChI is InChI=1S/C26H25FN4O2S/c1-17-7-6-8-18(2)25(17)29-23(32)15-31-22-10-5-4-9-21(22)28-26(31)34-16-24(33)30(3)20-13-11-19(27)12-14-20/h4-14H,15-16H2,1-3H3,(H,29,32). The van der Waals surface area contributed by atoms with Gasteiger partial charge in [-0.15, -0.1) is 0 Å². The first-order valence-corrected chi connectivity index (χ1v) is 11.8. The van der Waals surface area contributed by atoms with E-state index in [1.807, 2.05) is 60.9 Å². The fourth-order valence-corrected chi connectivity index (χ4v) is 4.61. The van der Waals surface area contributed by atoms with Crippen LogP contribution in [0.2, 0.25) is 0 Å². The fraction of sp³-hybridized carbons (Fsp3) is 0.192. The molecule has 6 nitrogen and oxygen atoms in total.